The lowest BCUT2D eigenvalue weighted by Crippen LogP contribution is -2.06. The summed E-state index contributed by atoms with van der Waals surface area (Å²) in [5.41, 5.74) is 3.83. The highest BCUT2D eigenvalue weighted by Gasteiger charge is 2.16. The summed E-state index contributed by atoms with van der Waals surface area (Å²) < 4.78 is 20.8. The molecule has 0 bridgehead atoms. The van der Waals surface area contributed by atoms with Crippen molar-refractivity contribution in [3.63, 3.8) is 0 Å². The molecule has 0 aliphatic heterocycles. The molecular weight excluding hydrogens is 241 g/mol. The van der Waals surface area contributed by atoms with Gasteiger partial charge >= 0.3 is 0 Å². The Labute approximate surface area is 112 Å². The van der Waals surface area contributed by atoms with Crippen molar-refractivity contribution in [3.8, 4) is 5.75 Å². The van der Waals surface area contributed by atoms with E-state index < -0.39 is 0 Å². The van der Waals surface area contributed by atoms with Gasteiger partial charge in [0, 0.05) is 30.9 Å². The van der Waals surface area contributed by atoms with Crippen LogP contribution < -0.4 is 4.74 Å². The van der Waals surface area contributed by atoms with Crippen LogP contribution in [0, 0.1) is 12.7 Å². The summed E-state index contributed by atoms with van der Waals surface area (Å²) in [6, 6.07) is 8.36. The van der Waals surface area contributed by atoms with Crippen molar-refractivity contribution in [1.82, 2.24) is 4.57 Å². The molecule has 98 valence electrons. The molecule has 0 saturated heterocycles. The first kappa shape index (κ1) is 12.0. The van der Waals surface area contributed by atoms with E-state index in [0.29, 0.717) is 5.75 Å². The molecule has 1 aliphatic carbocycles. The van der Waals surface area contributed by atoms with Gasteiger partial charge in [0.2, 0.25) is 0 Å². The molecule has 0 unspecified atom stereocenters. The van der Waals surface area contributed by atoms with E-state index in [1.165, 1.54) is 29.1 Å². The van der Waals surface area contributed by atoms with E-state index in [1.54, 1.807) is 12.1 Å². The summed E-state index contributed by atoms with van der Waals surface area (Å²) >= 11 is 0. The van der Waals surface area contributed by atoms with E-state index >= 15 is 0 Å². The Morgan fingerprint density at radius 1 is 1.16 bits per heavy atom. The van der Waals surface area contributed by atoms with Crippen molar-refractivity contribution < 1.29 is 9.13 Å². The van der Waals surface area contributed by atoms with Gasteiger partial charge in [0.1, 0.15) is 17.3 Å². The van der Waals surface area contributed by atoms with Crippen LogP contribution in [0.5, 0.6) is 5.75 Å². The van der Waals surface area contributed by atoms with Crippen LogP contribution in [0.3, 0.4) is 0 Å². The van der Waals surface area contributed by atoms with Crippen molar-refractivity contribution >= 4 is 6.08 Å². The Kier molecular flexibility index (Phi) is 2.90. The molecule has 0 amide bonds. The summed E-state index contributed by atoms with van der Waals surface area (Å²) in [5.74, 6) is 1.37. The number of fused-ring (bicyclic) bond motifs is 1. The minimum atomic E-state index is -0.245. The lowest BCUT2D eigenvalue weighted by atomic mass is 10.0. The molecule has 0 fully saturated rings. The largest absolute Gasteiger partial charge is 0.462 e. The Balaban J connectivity index is 1.87. The zero-order valence-electron chi connectivity index (χ0n) is 11.1. The van der Waals surface area contributed by atoms with E-state index in [-0.39, 0.29) is 5.82 Å². The molecule has 1 aromatic carbocycles. The van der Waals surface area contributed by atoms with E-state index in [0.717, 1.165) is 18.6 Å². The third-order valence-electron chi connectivity index (χ3n) is 3.60. The zero-order chi connectivity index (χ0) is 13.4. The van der Waals surface area contributed by atoms with E-state index in [1.807, 2.05) is 0 Å². The fourth-order valence-corrected chi connectivity index (χ4v) is 2.44. The van der Waals surface area contributed by atoms with Crippen molar-refractivity contribution in [2.24, 2.45) is 7.05 Å². The highest BCUT2D eigenvalue weighted by atomic mass is 19.1. The summed E-state index contributed by atoms with van der Waals surface area (Å²) in [6.45, 7) is 2.10. The second kappa shape index (κ2) is 4.57. The number of ether oxygens (including phenoxy) is 1. The highest BCUT2D eigenvalue weighted by Crippen LogP contribution is 2.28. The Hall–Kier alpha value is -2.03. The van der Waals surface area contributed by atoms with Crippen molar-refractivity contribution in [1.29, 1.82) is 0 Å². The first-order valence-corrected chi connectivity index (χ1v) is 6.42. The normalized spacial score (nSPS) is 13.9. The summed E-state index contributed by atoms with van der Waals surface area (Å²) in [7, 11) is 2.06. The predicted octanol–water partition coefficient (Wildman–Crippen LogP) is 3.84. The maximum absolute atomic E-state index is 12.8. The average Bonchev–Trinajstić information content (AvgIpc) is 2.69. The Morgan fingerprint density at radius 2 is 1.89 bits per heavy atom. The van der Waals surface area contributed by atoms with Gasteiger partial charge in [0.05, 0.1) is 0 Å². The van der Waals surface area contributed by atoms with Crippen LogP contribution in [0.1, 0.15) is 23.4 Å². The van der Waals surface area contributed by atoms with Gasteiger partial charge in [-0.25, -0.2) is 4.39 Å². The van der Waals surface area contributed by atoms with Crippen molar-refractivity contribution in [3.05, 3.63) is 58.9 Å². The Morgan fingerprint density at radius 3 is 2.63 bits per heavy atom. The van der Waals surface area contributed by atoms with Gasteiger partial charge in [-0.1, -0.05) is 0 Å². The lowest BCUT2D eigenvalue weighted by Gasteiger charge is -2.16. The molecule has 2 nitrogen and oxygen atoms in total. The molecule has 0 radical (unpaired) electrons. The number of hydrogen-bond acceptors (Lipinski definition) is 1. The molecule has 0 spiro atoms. The van der Waals surface area contributed by atoms with E-state index in [9.17, 15) is 4.39 Å². The molecule has 1 heterocycles. The van der Waals surface area contributed by atoms with Crippen LogP contribution in [-0.4, -0.2) is 4.57 Å². The van der Waals surface area contributed by atoms with Gasteiger partial charge in [-0.2, -0.15) is 0 Å². The molecule has 0 N–H and O–H groups in total. The standard InChI is InChI=1S/C16H16FNO/c1-11-9-12-3-6-15(10-16(12)18(11)2)19-14-7-4-13(17)5-8-14/h4-5,7-10H,3,6H2,1-2H3. The van der Waals surface area contributed by atoms with Gasteiger partial charge in [0.15, 0.2) is 0 Å². The maximum atomic E-state index is 12.8. The van der Waals surface area contributed by atoms with Gasteiger partial charge in [-0.15, -0.1) is 0 Å². The second-order valence-electron chi connectivity index (χ2n) is 4.92. The number of rotatable bonds is 2. The summed E-state index contributed by atoms with van der Waals surface area (Å²) in [5, 5.41) is 0. The minimum Gasteiger partial charge on any atom is -0.462 e. The van der Waals surface area contributed by atoms with Gasteiger partial charge in [-0.3, -0.25) is 0 Å². The van der Waals surface area contributed by atoms with Crippen molar-refractivity contribution in [2.45, 2.75) is 19.8 Å². The third kappa shape index (κ3) is 2.28. The van der Waals surface area contributed by atoms with E-state index in [4.69, 9.17) is 4.74 Å². The van der Waals surface area contributed by atoms with Crippen LogP contribution in [0.2, 0.25) is 0 Å². The minimum absolute atomic E-state index is 0.245. The number of benzene rings is 1. The van der Waals surface area contributed by atoms with Crippen LogP contribution in [-0.2, 0) is 13.5 Å². The number of allylic oxidation sites excluding steroid dienone is 1. The molecule has 19 heavy (non-hydrogen) atoms. The van der Waals surface area contributed by atoms with Crippen LogP contribution >= 0.6 is 0 Å². The SMILES string of the molecule is Cc1cc2c(n1C)C=C(Oc1ccc(F)cc1)CC2. The third-order valence-corrected chi connectivity index (χ3v) is 3.60. The first-order valence-electron chi connectivity index (χ1n) is 6.42. The predicted molar refractivity (Wildman–Crippen MR) is 73.5 cm³/mol. The number of aryl methyl sites for hydroxylation is 2. The van der Waals surface area contributed by atoms with Gasteiger partial charge in [-0.05, 0) is 49.2 Å². The smallest absolute Gasteiger partial charge is 0.127 e. The molecule has 3 heteroatoms. The number of halogens is 1. The van der Waals surface area contributed by atoms with Gasteiger partial charge < -0.3 is 9.30 Å². The van der Waals surface area contributed by atoms with Crippen LogP contribution in [0.4, 0.5) is 4.39 Å². The average molecular weight is 257 g/mol. The number of aromatic nitrogens is 1. The van der Waals surface area contributed by atoms with Crippen LogP contribution in [0.15, 0.2) is 36.1 Å². The molecule has 0 saturated carbocycles. The molecular formula is C16H16FNO. The lowest BCUT2D eigenvalue weighted by molar-refractivity contribution is 0.405. The monoisotopic (exact) mass is 257 g/mol. The first-order chi connectivity index (χ1) is 9.13. The maximum Gasteiger partial charge on any atom is 0.127 e. The molecule has 3 rings (SSSR count). The highest BCUT2D eigenvalue weighted by molar-refractivity contribution is 5.57. The molecule has 1 aliphatic rings. The molecule has 1 aromatic heterocycles. The Bertz CT molecular complexity index is 638. The summed E-state index contributed by atoms with van der Waals surface area (Å²) in [4.78, 5) is 0. The second-order valence-corrected chi connectivity index (χ2v) is 4.92. The van der Waals surface area contributed by atoms with Crippen molar-refractivity contribution in [2.75, 3.05) is 0 Å². The fraction of sp³-hybridized carbons (Fsp3) is 0.250. The topological polar surface area (TPSA) is 14.2 Å². The van der Waals surface area contributed by atoms with E-state index in [2.05, 4.69) is 30.7 Å². The number of nitrogens with zero attached hydrogens (tertiary/aromatic N) is 1. The van der Waals surface area contributed by atoms with Crippen LogP contribution in [0.25, 0.3) is 6.08 Å². The quantitative estimate of drug-likeness (QED) is 0.797. The molecule has 2 aromatic rings. The van der Waals surface area contributed by atoms with Gasteiger partial charge in [0.25, 0.3) is 0 Å². The number of hydrogen-bond donors (Lipinski definition) is 0. The zero-order valence-corrected chi connectivity index (χ0v) is 11.1. The fourth-order valence-electron chi connectivity index (χ4n) is 2.44. The molecule has 0 atom stereocenters. The summed E-state index contributed by atoms with van der Waals surface area (Å²) in [6.07, 6.45) is 3.95.